The molecule has 80 valence electrons. The van der Waals surface area contributed by atoms with Gasteiger partial charge in [0.1, 0.15) is 4.34 Å². The van der Waals surface area contributed by atoms with Crippen LogP contribution in [0.3, 0.4) is 0 Å². The Morgan fingerprint density at radius 1 is 1.50 bits per heavy atom. The molecule has 1 aromatic heterocycles. The minimum absolute atomic E-state index is 0.176. The van der Waals surface area contributed by atoms with Crippen molar-refractivity contribution in [3.63, 3.8) is 0 Å². The average Bonchev–Trinajstić information content (AvgIpc) is 2.28. The molecule has 1 N–H and O–H groups in total. The van der Waals surface area contributed by atoms with E-state index >= 15 is 0 Å². The van der Waals surface area contributed by atoms with Gasteiger partial charge in [-0.2, -0.15) is 13.2 Å². The number of rotatable bonds is 3. The first-order chi connectivity index (χ1) is 6.38. The predicted octanol–water partition coefficient (Wildman–Crippen LogP) is 3.82. The molecule has 0 unspecified atom stereocenters. The van der Waals surface area contributed by atoms with Crippen molar-refractivity contribution in [3.8, 4) is 0 Å². The van der Waals surface area contributed by atoms with Crippen molar-refractivity contribution in [2.45, 2.75) is 12.7 Å². The molecule has 0 saturated carbocycles. The van der Waals surface area contributed by atoms with Crippen LogP contribution in [0.4, 0.5) is 13.2 Å². The summed E-state index contributed by atoms with van der Waals surface area (Å²) in [4.78, 5) is 0.770. The van der Waals surface area contributed by atoms with E-state index in [0.29, 0.717) is 8.81 Å². The molecule has 0 fully saturated rings. The van der Waals surface area contributed by atoms with Crippen LogP contribution in [0.2, 0.25) is 4.34 Å². The van der Waals surface area contributed by atoms with Crippen LogP contribution in [0, 0.1) is 0 Å². The smallest absolute Gasteiger partial charge is 0.304 e. The topological polar surface area (TPSA) is 12.0 Å². The fourth-order valence-corrected chi connectivity index (χ4v) is 2.57. The first-order valence-corrected chi connectivity index (χ1v) is 5.58. The molecule has 0 radical (unpaired) electrons. The van der Waals surface area contributed by atoms with Crippen LogP contribution in [0.15, 0.2) is 10.5 Å². The molecule has 1 nitrogen and oxygen atoms in total. The van der Waals surface area contributed by atoms with Crippen molar-refractivity contribution < 1.29 is 13.2 Å². The number of thiophene rings is 1. The lowest BCUT2D eigenvalue weighted by molar-refractivity contribution is -0.125. The van der Waals surface area contributed by atoms with Gasteiger partial charge in [-0.3, -0.25) is 0 Å². The zero-order chi connectivity index (χ0) is 10.8. The van der Waals surface area contributed by atoms with E-state index < -0.39 is 12.7 Å². The minimum atomic E-state index is -4.17. The van der Waals surface area contributed by atoms with Crippen molar-refractivity contribution in [2.24, 2.45) is 0 Å². The van der Waals surface area contributed by atoms with Crippen molar-refractivity contribution in [1.82, 2.24) is 5.32 Å². The maximum Gasteiger partial charge on any atom is 0.401 e. The molecular weight excluding hydrogens is 303 g/mol. The van der Waals surface area contributed by atoms with Gasteiger partial charge < -0.3 is 5.32 Å². The summed E-state index contributed by atoms with van der Waals surface area (Å²) in [5, 5.41) is 2.29. The second-order valence-corrected chi connectivity index (χ2v) is 5.15. The van der Waals surface area contributed by atoms with E-state index in [1.54, 1.807) is 6.07 Å². The molecule has 1 aromatic rings. The number of hydrogen-bond donors (Lipinski definition) is 1. The number of nitrogens with one attached hydrogen (secondary N) is 1. The molecule has 14 heavy (non-hydrogen) atoms. The Labute approximate surface area is 96.4 Å². The molecule has 0 aliphatic heterocycles. The third kappa shape index (κ3) is 4.16. The Bertz CT molecular complexity index is 293. The number of alkyl halides is 3. The van der Waals surface area contributed by atoms with E-state index in [9.17, 15) is 13.2 Å². The van der Waals surface area contributed by atoms with Crippen molar-refractivity contribution in [3.05, 3.63) is 19.8 Å². The Hall–Kier alpha value is 0.220. The van der Waals surface area contributed by atoms with Gasteiger partial charge in [0.05, 0.1) is 6.54 Å². The van der Waals surface area contributed by atoms with Crippen LogP contribution in [-0.4, -0.2) is 12.7 Å². The maximum atomic E-state index is 11.7. The van der Waals surface area contributed by atoms with Crippen LogP contribution < -0.4 is 5.32 Å². The van der Waals surface area contributed by atoms with E-state index in [4.69, 9.17) is 11.6 Å². The summed E-state index contributed by atoms with van der Waals surface area (Å²) in [7, 11) is 0. The molecule has 1 rings (SSSR count). The number of hydrogen-bond acceptors (Lipinski definition) is 2. The third-order valence-corrected chi connectivity index (χ3v) is 3.80. The molecule has 1 heterocycles. The molecule has 0 saturated heterocycles. The van der Waals surface area contributed by atoms with Gasteiger partial charge in [0, 0.05) is 15.9 Å². The second-order valence-electron chi connectivity index (χ2n) is 2.55. The van der Waals surface area contributed by atoms with Crippen molar-refractivity contribution in [1.29, 1.82) is 0 Å². The summed E-state index contributed by atoms with van der Waals surface area (Å²) in [6.07, 6.45) is -4.17. The summed E-state index contributed by atoms with van der Waals surface area (Å²) in [6.45, 7) is -0.810. The van der Waals surface area contributed by atoms with Crippen LogP contribution in [-0.2, 0) is 6.54 Å². The molecule has 0 bridgehead atoms. The predicted molar refractivity (Wildman–Crippen MR) is 54.8 cm³/mol. The first-order valence-electron chi connectivity index (χ1n) is 3.59. The van der Waals surface area contributed by atoms with E-state index in [1.807, 2.05) is 0 Å². The summed E-state index contributed by atoms with van der Waals surface area (Å²) >= 11 is 10.1. The van der Waals surface area contributed by atoms with Crippen LogP contribution >= 0.6 is 38.9 Å². The highest BCUT2D eigenvalue weighted by atomic mass is 79.9. The highest BCUT2D eigenvalue weighted by Crippen LogP contribution is 2.31. The molecule has 0 spiro atoms. The molecule has 0 atom stereocenters. The van der Waals surface area contributed by atoms with Gasteiger partial charge in [0.15, 0.2) is 0 Å². The van der Waals surface area contributed by atoms with Gasteiger partial charge >= 0.3 is 6.18 Å². The van der Waals surface area contributed by atoms with E-state index in [1.165, 1.54) is 11.3 Å². The first kappa shape index (κ1) is 12.3. The summed E-state index contributed by atoms with van der Waals surface area (Å²) in [5.74, 6) is 0. The highest BCUT2D eigenvalue weighted by molar-refractivity contribution is 9.10. The van der Waals surface area contributed by atoms with E-state index in [2.05, 4.69) is 21.2 Å². The van der Waals surface area contributed by atoms with Gasteiger partial charge in [0.2, 0.25) is 0 Å². The van der Waals surface area contributed by atoms with E-state index in [0.717, 1.165) is 4.88 Å². The highest BCUT2D eigenvalue weighted by Gasteiger charge is 2.26. The summed E-state index contributed by atoms with van der Waals surface area (Å²) in [6, 6.07) is 1.70. The average molecular weight is 309 g/mol. The van der Waals surface area contributed by atoms with Gasteiger partial charge in [-0.05, 0) is 22.0 Å². The van der Waals surface area contributed by atoms with Gasteiger partial charge in [-0.25, -0.2) is 0 Å². The Kier molecular flexibility index (Phi) is 4.24. The standard InChI is InChI=1S/C7H6BrClF3NS/c8-5-1-4(14-6(5)9)2-13-3-7(10,11)12/h1,13H,2-3H2. The lowest BCUT2D eigenvalue weighted by Crippen LogP contribution is -2.27. The summed E-state index contributed by atoms with van der Waals surface area (Å²) < 4.78 is 36.5. The number of halogens is 5. The third-order valence-electron chi connectivity index (χ3n) is 1.32. The van der Waals surface area contributed by atoms with Crippen molar-refractivity contribution in [2.75, 3.05) is 6.54 Å². The van der Waals surface area contributed by atoms with Crippen LogP contribution in [0.5, 0.6) is 0 Å². The maximum absolute atomic E-state index is 11.7. The molecule has 0 aromatic carbocycles. The Morgan fingerprint density at radius 3 is 2.57 bits per heavy atom. The zero-order valence-electron chi connectivity index (χ0n) is 6.79. The second kappa shape index (κ2) is 4.83. The van der Waals surface area contributed by atoms with Crippen LogP contribution in [0.25, 0.3) is 0 Å². The van der Waals surface area contributed by atoms with Gasteiger partial charge in [-0.1, -0.05) is 11.6 Å². The van der Waals surface area contributed by atoms with E-state index in [-0.39, 0.29) is 6.54 Å². The molecule has 0 aliphatic carbocycles. The monoisotopic (exact) mass is 307 g/mol. The minimum Gasteiger partial charge on any atom is -0.304 e. The quantitative estimate of drug-likeness (QED) is 0.895. The van der Waals surface area contributed by atoms with Crippen LogP contribution in [0.1, 0.15) is 4.88 Å². The van der Waals surface area contributed by atoms with Gasteiger partial charge in [-0.15, -0.1) is 11.3 Å². The zero-order valence-corrected chi connectivity index (χ0v) is 9.95. The fraction of sp³-hybridized carbons (Fsp3) is 0.429. The molecular formula is C7H6BrClF3NS. The lowest BCUT2D eigenvalue weighted by atomic mass is 10.4. The summed E-state index contributed by atoms with van der Waals surface area (Å²) in [5.41, 5.74) is 0. The molecule has 0 aliphatic rings. The SMILES string of the molecule is FC(F)(F)CNCc1cc(Br)c(Cl)s1. The largest absolute Gasteiger partial charge is 0.401 e. The normalized spacial score (nSPS) is 12.1. The van der Waals surface area contributed by atoms with Crippen molar-refractivity contribution >= 4 is 38.9 Å². The Morgan fingerprint density at radius 2 is 2.14 bits per heavy atom. The van der Waals surface area contributed by atoms with Gasteiger partial charge in [0.25, 0.3) is 0 Å². The molecule has 0 amide bonds. The molecule has 7 heteroatoms. The lowest BCUT2D eigenvalue weighted by Gasteiger charge is -2.06. The fourth-order valence-electron chi connectivity index (χ4n) is 0.806. The Balaban J connectivity index is 2.39.